The number of hydrogen-bond donors (Lipinski definition) is 3. The first-order chi connectivity index (χ1) is 14.5. The fourth-order valence-electron chi connectivity index (χ4n) is 6.57. The molecule has 2 heterocycles. The van der Waals surface area contributed by atoms with Crippen molar-refractivity contribution in [2.45, 2.75) is 43.7 Å². The van der Waals surface area contributed by atoms with Gasteiger partial charge in [-0.25, -0.2) is 4.52 Å². The van der Waals surface area contributed by atoms with Gasteiger partial charge in [0, 0.05) is 17.8 Å². The second kappa shape index (κ2) is 6.32. The number of nitrogens with zero attached hydrogens (tertiary/aromatic N) is 2. The molecule has 4 fully saturated rings. The van der Waals surface area contributed by atoms with Gasteiger partial charge in [-0.2, -0.15) is 5.10 Å². The van der Waals surface area contributed by atoms with Crippen LogP contribution in [0.15, 0.2) is 48.8 Å². The average Bonchev–Trinajstić information content (AvgIpc) is 3.14. The number of hydrogen-bond acceptors (Lipinski definition) is 4. The maximum Gasteiger partial charge on any atom is 0.252 e. The normalized spacial score (nSPS) is 31.9. The van der Waals surface area contributed by atoms with Crippen LogP contribution in [-0.4, -0.2) is 32.3 Å². The molecule has 0 radical (unpaired) electrons. The van der Waals surface area contributed by atoms with Crippen molar-refractivity contribution in [1.29, 1.82) is 0 Å². The molecule has 4 aliphatic carbocycles. The number of aliphatic hydroxyl groups is 1. The summed E-state index contributed by atoms with van der Waals surface area (Å²) in [4.78, 5) is 12.2. The number of nitrogens with one attached hydrogen (secondary N) is 1. The van der Waals surface area contributed by atoms with Crippen LogP contribution >= 0.6 is 0 Å². The van der Waals surface area contributed by atoms with Crippen LogP contribution in [0.25, 0.3) is 16.6 Å². The molecule has 6 heteroatoms. The van der Waals surface area contributed by atoms with E-state index in [1.807, 2.05) is 28.9 Å². The number of primary amides is 1. The molecule has 1 amide bonds. The van der Waals surface area contributed by atoms with Crippen LogP contribution in [0.3, 0.4) is 0 Å². The van der Waals surface area contributed by atoms with E-state index in [4.69, 9.17) is 5.73 Å². The maximum atomic E-state index is 12.2. The van der Waals surface area contributed by atoms with Crippen molar-refractivity contribution in [3.05, 3.63) is 54.4 Å². The van der Waals surface area contributed by atoms with E-state index in [0.29, 0.717) is 23.3 Å². The summed E-state index contributed by atoms with van der Waals surface area (Å²) < 4.78 is 1.82. The zero-order valence-electron chi connectivity index (χ0n) is 16.8. The van der Waals surface area contributed by atoms with E-state index in [1.165, 1.54) is 0 Å². The van der Waals surface area contributed by atoms with Crippen LogP contribution in [0.2, 0.25) is 0 Å². The van der Waals surface area contributed by atoms with Crippen LogP contribution < -0.4 is 11.1 Å². The molecular formula is C24H26N4O2. The predicted molar refractivity (Wildman–Crippen MR) is 115 cm³/mol. The third-order valence-corrected chi connectivity index (χ3v) is 7.56. The molecule has 3 aromatic rings. The Morgan fingerprint density at radius 1 is 1.13 bits per heavy atom. The van der Waals surface area contributed by atoms with E-state index in [2.05, 4.69) is 28.6 Å². The minimum absolute atomic E-state index is 0.251. The largest absolute Gasteiger partial charge is 0.390 e. The summed E-state index contributed by atoms with van der Waals surface area (Å²) in [5.74, 6) is 1.02. The summed E-state index contributed by atoms with van der Waals surface area (Å²) in [6, 6.07) is 12.5. The number of fused-ring (bicyclic) bond motifs is 1. The lowest BCUT2D eigenvalue weighted by atomic mass is 9.52. The summed E-state index contributed by atoms with van der Waals surface area (Å²) in [6.07, 6.45) is 8.51. The first kappa shape index (κ1) is 18.0. The SMILES string of the molecule is NC(=O)c1cnn2cc(-c3ccccc3)cc2c1NC1C2CC3CC1CC(O)(C3)C2. The van der Waals surface area contributed by atoms with Gasteiger partial charge >= 0.3 is 0 Å². The van der Waals surface area contributed by atoms with Crippen LogP contribution in [0.4, 0.5) is 5.69 Å². The number of rotatable bonds is 4. The van der Waals surface area contributed by atoms with Gasteiger partial charge in [0.15, 0.2) is 0 Å². The Kier molecular flexibility index (Phi) is 3.78. The quantitative estimate of drug-likeness (QED) is 0.623. The van der Waals surface area contributed by atoms with Gasteiger partial charge in [0.1, 0.15) is 0 Å². The van der Waals surface area contributed by atoms with Crippen molar-refractivity contribution < 1.29 is 9.90 Å². The maximum absolute atomic E-state index is 12.2. The number of amides is 1. The molecule has 0 spiro atoms. The molecule has 4 bridgehead atoms. The number of carbonyl (C=O) groups is 1. The van der Waals surface area contributed by atoms with Gasteiger partial charge in [-0.15, -0.1) is 0 Å². The zero-order chi connectivity index (χ0) is 20.5. The number of carbonyl (C=O) groups excluding carboxylic acids is 1. The third kappa shape index (κ3) is 2.74. The Labute approximate surface area is 175 Å². The molecule has 1 aromatic carbocycles. The highest BCUT2D eigenvalue weighted by Crippen LogP contribution is 2.56. The minimum atomic E-state index is -0.482. The molecule has 7 rings (SSSR count). The van der Waals surface area contributed by atoms with Gasteiger partial charge < -0.3 is 16.2 Å². The Morgan fingerprint density at radius 3 is 2.53 bits per heavy atom. The van der Waals surface area contributed by atoms with E-state index < -0.39 is 11.5 Å². The van der Waals surface area contributed by atoms with Crippen molar-refractivity contribution in [2.24, 2.45) is 23.5 Å². The Balaban J connectivity index is 1.43. The van der Waals surface area contributed by atoms with Crippen LogP contribution in [0.5, 0.6) is 0 Å². The number of benzene rings is 1. The molecule has 154 valence electrons. The summed E-state index contributed by atoms with van der Waals surface area (Å²) >= 11 is 0. The van der Waals surface area contributed by atoms with Gasteiger partial charge in [0.05, 0.1) is 28.6 Å². The first-order valence-electron chi connectivity index (χ1n) is 10.8. The highest BCUT2D eigenvalue weighted by molar-refractivity contribution is 6.02. The molecule has 0 aliphatic heterocycles. The number of anilines is 1. The number of nitrogens with two attached hydrogens (primary N) is 1. The minimum Gasteiger partial charge on any atom is -0.390 e. The van der Waals surface area contributed by atoms with Crippen molar-refractivity contribution in [2.75, 3.05) is 5.32 Å². The van der Waals surface area contributed by atoms with Crippen LogP contribution in [0, 0.1) is 17.8 Å². The first-order valence-corrected chi connectivity index (χ1v) is 10.8. The molecule has 0 saturated heterocycles. The van der Waals surface area contributed by atoms with Crippen molar-refractivity contribution in [3.8, 4) is 11.1 Å². The second-order valence-electron chi connectivity index (χ2n) is 9.59. The Morgan fingerprint density at radius 2 is 1.87 bits per heavy atom. The fourth-order valence-corrected chi connectivity index (χ4v) is 6.57. The monoisotopic (exact) mass is 402 g/mol. The molecule has 4 saturated carbocycles. The van der Waals surface area contributed by atoms with Crippen molar-refractivity contribution in [3.63, 3.8) is 0 Å². The molecule has 4 N–H and O–H groups in total. The smallest absolute Gasteiger partial charge is 0.252 e. The van der Waals surface area contributed by atoms with Gasteiger partial charge in [-0.05, 0) is 61.5 Å². The molecule has 2 aromatic heterocycles. The predicted octanol–water partition coefficient (Wildman–Crippen LogP) is 3.45. The molecule has 2 atom stereocenters. The fraction of sp³-hybridized carbons (Fsp3) is 0.417. The average molecular weight is 402 g/mol. The van der Waals surface area contributed by atoms with Crippen LogP contribution in [-0.2, 0) is 0 Å². The molecule has 6 nitrogen and oxygen atoms in total. The highest BCUT2D eigenvalue weighted by atomic mass is 16.3. The van der Waals surface area contributed by atoms with Gasteiger partial charge in [-0.3, -0.25) is 4.79 Å². The van der Waals surface area contributed by atoms with E-state index in [9.17, 15) is 9.90 Å². The molecular weight excluding hydrogens is 376 g/mol. The summed E-state index contributed by atoms with van der Waals surface area (Å²) in [7, 11) is 0. The molecule has 4 aliphatic rings. The Bertz CT molecular complexity index is 1120. The van der Waals surface area contributed by atoms with Gasteiger partial charge in [0.2, 0.25) is 0 Å². The zero-order valence-corrected chi connectivity index (χ0v) is 16.8. The number of aromatic nitrogens is 2. The molecule has 2 unspecified atom stereocenters. The second-order valence-corrected chi connectivity index (χ2v) is 9.59. The van der Waals surface area contributed by atoms with E-state index in [-0.39, 0.29) is 6.04 Å². The standard InChI is InChI=1S/C24H26N4O2/c25-23(29)19-12-26-28-13-18(15-4-2-1-3-5-15)8-20(28)22(19)27-21-16-6-14-7-17(21)11-24(30,9-14)10-16/h1-5,8,12-14,16-17,21,27,30H,6-7,9-11H2,(H2,25,29). The Hall–Kier alpha value is -2.86. The van der Waals surface area contributed by atoms with E-state index in [1.54, 1.807) is 6.20 Å². The lowest BCUT2D eigenvalue weighted by Gasteiger charge is -2.58. The molecule has 30 heavy (non-hydrogen) atoms. The highest BCUT2D eigenvalue weighted by Gasteiger charge is 2.54. The van der Waals surface area contributed by atoms with Crippen molar-refractivity contribution >= 4 is 17.1 Å². The summed E-state index contributed by atoms with van der Waals surface area (Å²) in [5.41, 5.74) is 9.45. The van der Waals surface area contributed by atoms with Gasteiger partial charge in [0.25, 0.3) is 5.91 Å². The third-order valence-electron chi connectivity index (χ3n) is 7.56. The van der Waals surface area contributed by atoms with Crippen LogP contribution in [0.1, 0.15) is 42.5 Å². The van der Waals surface area contributed by atoms with Gasteiger partial charge in [-0.1, -0.05) is 30.3 Å². The lowest BCUT2D eigenvalue weighted by molar-refractivity contribution is -0.129. The lowest BCUT2D eigenvalue weighted by Crippen LogP contribution is -2.59. The van der Waals surface area contributed by atoms with E-state index >= 15 is 0 Å². The summed E-state index contributed by atoms with van der Waals surface area (Å²) in [6.45, 7) is 0. The topological polar surface area (TPSA) is 92.7 Å². The van der Waals surface area contributed by atoms with Crippen molar-refractivity contribution in [1.82, 2.24) is 9.61 Å². The summed E-state index contributed by atoms with van der Waals surface area (Å²) in [5, 5.41) is 19.1. The van der Waals surface area contributed by atoms with E-state index in [0.717, 1.165) is 54.4 Å².